The van der Waals surface area contributed by atoms with Crippen LogP contribution in [0.3, 0.4) is 0 Å². The number of hydrogen-bond acceptors (Lipinski definition) is 5. The second-order valence-electron chi connectivity index (χ2n) is 6.36. The van der Waals surface area contributed by atoms with E-state index in [4.69, 9.17) is 0 Å². The third-order valence-electron chi connectivity index (χ3n) is 4.48. The molecule has 0 atom stereocenters. The van der Waals surface area contributed by atoms with E-state index in [1.807, 2.05) is 25.1 Å². The largest absolute Gasteiger partial charge is 0.354 e. The standard InChI is InChI=1S/C19H24N4O3S/c1-2-9-21-19(24)16-6-5-7-17(15-16)27(25,26)23-13-11-22(12-14-23)18-8-3-4-10-20-18/h3-8,10,15H,2,9,11-14H2,1H3,(H,21,24). The molecular formula is C19H24N4O3S. The number of pyridine rings is 1. The van der Waals surface area contributed by atoms with Gasteiger partial charge in [0.15, 0.2) is 0 Å². The highest BCUT2D eigenvalue weighted by molar-refractivity contribution is 7.89. The number of aromatic nitrogens is 1. The van der Waals surface area contributed by atoms with Crippen LogP contribution < -0.4 is 10.2 Å². The van der Waals surface area contributed by atoms with Gasteiger partial charge in [0.1, 0.15) is 5.82 Å². The summed E-state index contributed by atoms with van der Waals surface area (Å²) in [4.78, 5) is 18.7. The van der Waals surface area contributed by atoms with Gasteiger partial charge in [-0.15, -0.1) is 0 Å². The molecule has 8 heteroatoms. The minimum absolute atomic E-state index is 0.151. The topological polar surface area (TPSA) is 82.6 Å². The molecule has 1 saturated heterocycles. The number of nitrogens with zero attached hydrogens (tertiary/aromatic N) is 3. The maximum atomic E-state index is 13.0. The van der Waals surface area contributed by atoms with Gasteiger partial charge in [-0.25, -0.2) is 13.4 Å². The van der Waals surface area contributed by atoms with Crippen molar-refractivity contribution in [2.45, 2.75) is 18.2 Å². The van der Waals surface area contributed by atoms with Crippen molar-refractivity contribution in [1.82, 2.24) is 14.6 Å². The Morgan fingerprint density at radius 1 is 1.11 bits per heavy atom. The first kappa shape index (κ1) is 19.3. The molecule has 0 spiro atoms. The van der Waals surface area contributed by atoms with E-state index in [0.717, 1.165) is 12.2 Å². The van der Waals surface area contributed by atoms with Gasteiger partial charge in [-0.2, -0.15) is 4.31 Å². The molecule has 1 aromatic carbocycles. The number of anilines is 1. The van der Waals surface area contributed by atoms with E-state index in [2.05, 4.69) is 15.2 Å². The minimum atomic E-state index is -3.64. The summed E-state index contributed by atoms with van der Waals surface area (Å²) >= 11 is 0. The molecule has 0 aliphatic carbocycles. The predicted molar refractivity (Wildman–Crippen MR) is 104 cm³/mol. The van der Waals surface area contributed by atoms with Gasteiger partial charge in [-0.05, 0) is 36.8 Å². The molecule has 1 aliphatic heterocycles. The van der Waals surface area contributed by atoms with E-state index in [-0.39, 0.29) is 10.8 Å². The van der Waals surface area contributed by atoms with Gasteiger partial charge in [0, 0.05) is 44.5 Å². The summed E-state index contributed by atoms with van der Waals surface area (Å²) in [6, 6.07) is 11.9. The van der Waals surface area contributed by atoms with Crippen LogP contribution in [0.5, 0.6) is 0 Å². The molecule has 0 saturated carbocycles. The molecule has 2 aromatic rings. The second-order valence-corrected chi connectivity index (χ2v) is 8.30. The SMILES string of the molecule is CCCNC(=O)c1cccc(S(=O)(=O)N2CCN(c3ccccn3)CC2)c1. The number of amides is 1. The summed E-state index contributed by atoms with van der Waals surface area (Å²) in [5.74, 6) is 0.595. The third-order valence-corrected chi connectivity index (χ3v) is 6.38. The van der Waals surface area contributed by atoms with Crippen LogP contribution in [-0.2, 0) is 10.0 Å². The first-order chi connectivity index (χ1) is 13.0. The molecule has 3 rings (SSSR count). The summed E-state index contributed by atoms with van der Waals surface area (Å²) in [5.41, 5.74) is 0.358. The van der Waals surface area contributed by atoms with Crippen LogP contribution in [0.1, 0.15) is 23.7 Å². The van der Waals surface area contributed by atoms with Crippen LogP contribution in [0.4, 0.5) is 5.82 Å². The van der Waals surface area contributed by atoms with Crippen molar-refractivity contribution >= 4 is 21.7 Å². The van der Waals surface area contributed by atoms with Crippen LogP contribution in [-0.4, -0.2) is 56.3 Å². The highest BCUT2D eigenvalue weighted by Crippen LogP contribution is 2.20. The fourth-order valence-corrected chi connectivity index (χ4v) is 4.45. The van der Waals surface area contributed by atoms with E-state index >= 15 is 0 Å². The molecule has 7 nitrogen and oxygen atoms in total. The maximum absolute atomic E-state index is 13.0. The maximum Gasteiger partial charge on any atom is 0.251 e. The third kappa shape index (κ3) is 4.45. The molecule has 1 N–H and O–H groups in total. The van der Waals surface area contributed by atoms with Crippen molar-refractivity contribution in [3.8, 4) is 0 Å². The van der Waals surface area contributed by atoms with E-state index in [0.29, 0.717) is 38.3 Å². The lowest BCUT2D eigenvalue weighted by atomic mass is 10.2. The van der Waals surface area contributed by atoms with E-state index in [1.54, 1.807) is 18.3 Å². The van der Waals surface area contributed by atoms with Crippen molar-refractivity contribution in [3.63, 3.8) is 0 Å². The molecule has 0 unspecified atom stereocenters. The molecule has 1 amide bonds. The number of carbonyl (C=O) groups is 1. The highest BCUT2D eigenvalue weighted by Gasteiger charge is 2.29. The van der Waals surface area contributed by atoms with Crippen LogP contribution in [0.2, 0.25) is 0 Å². The second kappa shape index (κ2) is 8.49. The molecule has 27 heavy (non-hydrogen) atoms. The highest BCUT2D eigenvalue weighted by atomic mass is 32.2. The van der Waals surface area contributed by atoms with Crippen molar-refractivity contribution < 1.29 is 13.2 Å². The van der Waals surface area contributed by atoms with Gasteiger partial charge in [0.25, 0.3) is 5.91 Å². The Morgan fingerprint density at radius 2 is 1.89 bits per heavy atom. The number of nitrogens with one attached hydrogen (secondary N) is 1. The Labute approximate surface area is 160 Å². The Balaban J connectivity index is 1.71. The fraction of sp³-hybridized carbons (Fsp3) is 0.368. The number of carbonyl (C=O) groups excluding carboxylic acids is 1. The van der Waals surface area contributed by atoms with Gasteiger partial charge < -0.3 is 10.2 Å². The van der Waals surface area contributed by atoms with Crippen molar-refractivity contribution in [2.24, 2.45) is 0 Å². The summed E-state index contributed by atoms with van der Waals surface area (Å²) < 4.78 is 27.4. The Kier molecular flexibility index (Phi) is 6.08. The monoisotopic (exact) mass is 388 g/mol. The zero-order chi connectivity index (χ0) is 19.3. The Morgan fingerprint density at radius 3 is 2.56 bits per heavy atom. The lowest BCUT2D eigenvalue weighted by Crippen LogP contribution is -2.48. The summed E-state index contributed by atoms with van der Waals surface area (Å²) in [7, 11) is -3.64. The van der Waals surface area contributed by atoms with E-state index in [1.165, 1.54) is 16.4 Å². The minimum Gasteiger partial charge on any atom is -0.354 e. The normalized spacial score (nSPS) is 15.5. The molecular weight excluding hydrogens is 364 g/mol. The van der Waals surface area contributed by atoms with Crippen LogP contribution in [0.25, 0.3) is 0 Å². The van der Waals surface area contributed by atoms with Crippen LogP contribution in [0, 0.1) is 0 Å². The molecule has 0 bridgehead atoms. The molecule has 144 valence electrons. The smallest absolute Gasteiger partial charge is 0.251 e. The average molecular weight is 388 g/mol. The zero-order valence-electron chi connectivity index (χ0n) is 15.3. The Hall–Kier alpha value is -2.45. The molecule has 0 radical (unpaired) electrons. The van der Waals surface area contributed by atoms with Gasteiger partial charge in [0.2, 0.25) is 10.0 Å². The summed E-state index contributed by atoms with van der Waals surface area (Å²) in [6.07, 6.45) is 2.55. The van der Waals surface area contributed by atoms with Gasteiger partial charge in [0.05, 0.1) is 4.90 Å². The van der Waals surface area contributed by atoms with Crippen LogP contribution >= 0.6 is 0 Å². The lowest BCUT2D eigenvalue weighted by molar-refractivity contribution is 0.0953. The average Bonchev–Trinajstić information content (AvgIpc) is 2.73. The Bertz CT molecular complexity index is 879. The number of piperazine rings is 1. The first-order valence-electron chi connectivity index (χ1n) is 9.07. The number of benzene rings is 1. The van der Waals surface area contributed by atoms with E-state index in [9.17, 15) is 13.2 Å². The number of sulfonamides is 1. The lowest BCUT2D eigenvalue weighted by Gasteiger charge is -2.34. The zero-order valence-corrected chi connectivity index (χ0v) is 16.2. The predicted octanol–water partition coefficient (Wildman–Crippen LogP) is 1.73. The molecule has 1 aliphatic rings. The molecule has 1 fully saturated rings. The van der Waals surface area contributed by atoms with Crippen LogP contribution in [0.15, 0.2) is 53.6 Å². The first-order valence-corrected chi connectivity index (χ1v) is 10.5. The summed E-state index contributed by atoms with van der Waals surface area (Å²) in [6.45, 7) is 4.44. The van der Waals surface area contributed by atoms with Crippen molar-refractivity contribution in [1.29, 1.82) is 0 Å². The van der Waals surface area contributed by atoms with Crippen molar-refractivity contribution in [2.75, 3.05) is 37.6 Å². The van der Waals surface area contributed by atoms with Crippen molar-refractivity contribution in [3.05, 3.63) is 54.2 Å². The molecule has 2 heterocycles. The number of hydrogen-bond donors (Lipinski definition) is 1. The van der Waals surface area contributed by atoms with Gasteiger partial charge in [-0.1, -0.05) is 19.1 Å². The fourth-order valence-electron chi connectivity index (χ4n) is 2.99. The molecule has 1 aromatic heterocycles. The number of rotatable bonds is 6. The summed E-state index contributed by atoms with van der Waals surface area (Å²) in [5, 5.41) is 2.77. The quantitative estimate of drug-likeness (QED) is 0.815. The van der Waals surface area contributed by atoms with E-state index < -0.39 is 10.0 Å². The van der Waals surface area contributed by atoms with Gasteiger partial charge in [-0.3, -0.25) is 4.79 Å². The van der Waals surface area contributed by atoms with Gasteiger partial charge >= 0.3 is 0 Å².